The molecular formula is C12H9BrN4O3. The Bertz CT molecular complexity index is 673. The zero-order valence-corrected chi connectivity index (χ0v) is 11.9. The summed E-state index contributed by atoms with van der Waals surface area (Å²) in [6.45, 7) is 1.68. The lowest BCUT2D eigenvalue weighted by Gasteiger charge is -2.05. The summed E-state index contributed by atoms with van der Waals surface area (Å²) >= 11 is 3.13. The lowest BCUT2D eigenvalue weighted by molar-refractivity contribution is -0.384. The minimum absolute atomic E-state index is 0.128. The summed E-state index contributed by atoms with van der Waals surface area (Å²) in [6.07, 6.45) is 2.82. The molecule has 0 unspecified atom stereocenters. The van der Waals surface area contributed by atoms with Crippen molar-refractivity contribution in [2.75, 3.05) is 5.32 Å². The van der Waals surface area contributed by atoms with Crippen molar-refractivity contribution >= 4 is 33.3 Å². The van der Waals surface area contributed by atoms with Gasteiger partial charge in [-0.25, -0.2) is 9.97 Å². The van der Waals surface area contributed by atoms with Crippen molar-refractivity contribution in [3.8, 4) is 0 Å². The number of carbonyl (C=O) groups is 1. The van der Waals surface area contributed by atoms with E-state index in [0.29, 0.717) is 10.2 Å². The first-order valence-corrected chi connectivity index (χ1v) is 6.30. The molecule has 1 aromatic heterocycles. The zero-order chi connectivity index (χ0) is 14.7. The van der Waals surface area contributed by atoms with E-state index in [2.05, 4.69) is 31.2 Å². The zero-order valence-electron chi connectivity index (χ0n) is 10.3. The lowest BCUT2D eigenvalue weighted by Crippen LogP contribution is -2.13. The number of nitro groups is 1. The first-order chi connectivity index (χ1) is 9.45. The maximum absolute atomic E-state index is 12.0. The highest BCUT2D eigenvalue weighted by Gasteiger charge is 2.13. The van der Waals surface area contributed by atoms with Gasteiger partial charge < -0.3 is 5.32 Å². The van der Waals surface area contributed by atoms with E-state index in [1.165, 1.54) is 24.5 Å². The number of anilines is 1. The average Bonchev–Trinajstić information content (AvgIpc) is 2.40. The second-order valence-electron chi connectivity index (χ2n) is 3.99. The quantitative estimate of drug-likeness (QED) is 0.686. The van der Waals surface area contributed by atoms with Crippen molar-refractivity contribution in [1.29, 1.82) is 0 Å². The summed E-state index contributed by atoms with van der Waals surface area (Å²) in [5.74, 6) is -0.212. The summed E-state index contributed by atoms with van der Waals surface area (Å²) in [5, 5.41) is 13.3. The molecule has 102 valence electrons. The fraction of sp³-hybridized carbons (Fsp3) is 0.0833. The summed E-state index contributed by atoms with van der Waals surface area (Å²) in [5.41, 5.74) is 0.699. The number of aromatic nitrogens is 2. The van der Waals surface area contributed by atoms with Crippen LogP contribution in [0, 0.1) is 17.0 Å². The smallest absolute Gasteiger partial charge is 0.270 e. The SMILES string of the molecule is Cc1cc(C(=O)Nc2cnc(Br)cn2)cc([N+](=O)[O-])c1. The van der Waals surface area contributed by atoms with Crippen LogP contribution in [-0.2, 0) is 0 Å². The van der Waals surface area contributed by atoms with Gasteiger partial charge in [-0.15, -0.1) is 0 Å². The molecule has 0 aliphatic heterocycles. The number of non-ortho nitro benzene ring substituents is 1. The average molecular weight is 337 g/mol. The molecule has 0 saturated heterocycles. The molecule has 0 radical (unpaired) electrons. The van der Waals surface area contributed by atoms with Crippen molar-refractivity contribution < 1.29 is 9.72 Å². The predicted molar refractivity (Wildman–Crippen MR) is 75.5 cm³/mol. The third kappa shape index (κ3) is 3.35. The molecule has 0 atom stereocenters. The molecule has 0 aliphatic carbocycles. The number of hydrogen-bond donors (Lipinski definition) is 1. The van der Waals surface area contributed by atoms with Crippen LogP contribution >= 0.6 is 15.9 Å². The number of carbonyl (C=O) groups excluding carboxylic acids is 1. The fourth-order valence-corrected chi connectivity index (χ4v) is 1.77. The Morgan fingerprint density at radius 1 is 1.30 bits per heavy atom. The van der Waals surface area contributed by atoms with Gasteiger partial charge in [-0.2, -0.15) is 0 Å². The summed E-state index contributed by atoms with van der Waals surface area (Å²) in [7, 11) is 0. The summed E-state index contributed by atoms with van der Waals surface area (Å²) in [6, 6.07) is 4.18. The Labute approximate surface area is 122 Å². The Morgan fingerprint density at radius 2 is 2.05 bits per heavy atom. The van der Waals surface area contributed by atoms with Crippen LogP contribution in [0.4, 0.5) is 11.5 Å². The van der Waals surface area contributed by atoms with E-state index < -0.39 is 10.8 Å². The van der Waals surface area contributed by atoms with E-state index in [1.54, 1.807) is 13.0 Å². The van der Waals surface area contributed by atoms with Gasteiger partial charge in [0, 0.05) is 17.7 Å². The number of amides is 1. The number of aryl methyl sites for hydroxylation is 1. The number of rotatable bonds is 3. The van der Waals surface area contributed by atoms with E-state index in [4.69, 9.17) is 0 Å². The molecule has 2 rings (SSSR count). The second-order valence-corrected chi connectivity index (χ2v) is 4.81. The van der Waals surface area contributed by atoms with Crippen molar-refractivity contribution in [2.24, 2.45) is 0 Å². The number of benzene rings is 1. The van der Waals surface area contributed by atoms with Gasteiger partial charge in [0.2, 0.25) is 0 Å². The minimum atomic E-state index is -0.538. The number of nitrogens with zero attached hydrogens (tertiary/aromatic N) is 3. The van der Waals surface area contributed by atoms with Crippen LogP contribution in [0.1, 0.15) is 15.9 Å². The van der Waals surface area contributed by atoms with Crippen LogP contribution in [-0.4, -0.2) is 20.8 Å². The van der Waals surface area contributed by atoms with Crippen molar-refractivity contribution in [3.63, 3.8) is 0 Å². The van der Waals surface area contributed by atoms with Gasteiger partial charge in [-0.3, -0.25) is 14.9 Å². The summed E-state index contributed by atoms with van der Waals surface area (Å²) in [4.78, 5) is 30.1. The van der Waals surface area contributed by atoms with E-state index >= 15 is 0 Å². The molecule has 1 aromatic carbocycles. The Balaban J connectivity index is 2.25. The third-order valence-corrected chi connectivity index (χ3v) is 2.81. The maximum Gasteiger partial charge on any atom is 0.270 e. The number of hydrogen-bond acceptors (Lipinski definition) is 5. The summed E-state index contributed by atoms with van der Waals surface area (Å²) < 4.78 is 0.543. The minimum Gasteiger partial charge on any atom is -0.305 e. The van der Waals surface area contributed by atoms with Crippen LogP contribution in [0.15, 0.2) is 35.2 Å². The van der Waals surface area contributed by atoms with Gasteiger partial charge in [-0.05, 0) is 34.5 Å². The molecule has 0 aliphatic rings. The van der Waals surface area contributed by atoms with E-state index in [-0.39, 0.29) is 17.1 Å². The van der Waals surface area contributed by atoms with Crippen LogP contribution < -0.4 is 5.32 Å². The van der Waals surface area contributed by atoms with E-state index in [0.717, 1.165) is 0 Å². The lowest BCUT2D eigenvalue weighted by atomic mass is 10.1. The molecule has 8 heteroatoms. The fourth-order valence-electron chi connectivity index (χ4n) is 1.56. The maximum atomic E-state index is 12.0. The molecular weight excluding hydrogens is 328 g/mol. The van der Waals surface area contributed by atoms with Crippen molar-refractivity contribution in [2.45, 2.75) is 6.92 Å². The highest BCUT2D eigenvalue weighted by atomic mass is 79.9. The topological polar surface area (TPSA) is 98.0 Å². The van der Waals surface area contributed by atoms with Crippen LogP contribution in [0.25, 0.3) is 0 Å². The first-order valence-electron chi connectivity index (χ1n) is 5.50. The van der Waals surface area contributed by atoms with Crippen molar-refractivity contribution in [1.82, 2.24) is 9.97 Å². The number of nitro benzene ring substituents is 1. The third-order valence-electron chi connectivity index (χ3n) is 2.40. The molecule has 0 saturated carbocycles. The predicted octanol–water partition coefficient (Wildman–Crippen LogP) is 2.71. The highest BCUT2D eigenvalue weighted by Crippen LogP contribution is 2.17. The van der Waals surface area contributed by atoms with E-state index in [1.807, 2.05) is 0 Å². The molecule has 0 fully saturated rings. The Kier molecular flexibility index (Phi) is 4.04. The Hall–Kier alpha value is -2.35. The molecule has 7 nitrogen and oxygen atoms in total. The van der Waals surface area contributed by atoms with Gasteiger partial charge in [0.1, 0.15) is 4.60 Å². The standard InChI is InChI=1S/C12H9BrN4O3/c1-7-2-8(4-9(3-7)17(19)20)12(18)16-11-6-14-10(13)5-15-11/h2-6H,1H3,(H,15,16,18). The van der Waals surface area contributed by atoms with Crippen LogP contribution in [0.2, 0.25) is 0 Å². The van der Waals surface area contributed by atoms with Gasteiger partial charge in [-0.1, -0.05) is 0 Å². The second kappa shape index (κ2) is 5.74. The molecule has 0 spiro atoms. The van der Waals surface area contributed by atoms with Crippen LogP contribution in [0.5, 0.6) is 0 Å². The number of halogens is 1. The van der Waals surface area contributed by atoms with Gasteiger partial charge in [0.15, 0.2) is 5.82 Å². The molecule has 1 amide bonds. The normalized spacial score (nSPS) is 10.1. The number of nitrogens with one attached hydrogen (secondary N) is 1. The molecule has 20 heavy (non-hydrogen) atoms. The molecule has 1 heterocycles. The molecule has 0 bridgehead atoms. The van der Waals surface area contributed by atoms with Crippen LogP contribution in [0.3, 0.4) is 0 Å². The van der Waals surface area contributed by atoms with Gasteiger partial charge in [0.25, 0.3) is 11.6 Å². The van der Waals surface area contributed by atoms with E-state index in [9.17, 15) is 14.9 Å². The Morgan fingerprint density at radius 3 is 2.65 bits per heavy atom. The highest BCUT2D eigenvalue weighted by molar-refractivity contribution is 9.10. The largest absolute Gasteiger partial charge is 0.305 e. The molecule has 1 N–H and O–H groups in total. The first kappa shape index (κ1) is 14.1. The van der Waals surface area contributed by atoms with Gasteiger partial charge in [0.05, 0.1) is 17.3 Å². The molecule has 2 aromatic rings. The monoisotopic (exact) mass is 336 g/mol. The van der Waals surface area contributed by atoms with Gasteiger partial charge >= 0.3 is 0 Å². The van der Waals surface area contributed by atoms with Crippen molar-refractivity contribution in [3.05, 3.63) is 56.4 Å².